The minimum atomic E-state index is -5.73. The van der Waals surface area contributed by atoms with Crippen molar-refractivity contribution in [1.29, 1.82) is 0 Å². The minimum absolute atomic E-state index is 0.0527. The summed E-state index contributed by atoms with van der Waals surface area (Å²) in [7, 11) is 0. The number of nitrogens with two attached hydrogens (primary N) is 1. The van der Waals surface area contributed by atoms with Crippen molar-refractivity contribution in [3.8, 4) is 22.7 Å². The zero-order valence-electron chi connectivity index (χ0n) is 18.1. The maximum Gasteiger partial charge on any atom is 0.490 e. The van der Waals surface area contributed by atoms with Gasteiger partial charge < -0.3 is 20.0 Å². The van der Waals surface area contributed by atoms with Crippen molar-refractivity contribution < 1.29 is 45.4 Å². The van der Waals surface area contributed by atoms with Crippen LogP contribution in [0.2, 0.25) is 0 Å². The number of benzene rings is 1. The fraction of sp³-hybridized carbons (Fsp3) is 0.238. The summed E-state index contributed by atoms with van der Waals surface area (Å²) in [6, 6.07) is 2.84. The number of alkyl halides is 6. The van der Waals surface area contributed by atoms with Crippen LogP contribution >= 0.6 is 0 Å². The predicted octanol–water partition coefficient (Wildman–Crippen LogP) is 3.80. The van der Waals surface area contributed by atoms with E-state index in [9.17, 15) is 36.2 Å². The lowest BCUT2D eigenvalue weighted by Crippen LogP contribution is -2.51. The van der Waals surface area contributed by atoms with Crippen molar-refractivity contribution in [2.45, 2.75) is 24.9 Å². The number of ether oxygens (including phenoxy) is 1. The maximum atomic E-state index is 14.0. The molecule has 3 N–H and O–H groups in total. The van der Waals surface area contributed by atoms with Crippen molar-refractivity contribution in [2.24, 2.45) is 0 Å². The van der Waals surface area contributed by atoms with Crippen molar-refractivity contribution in [2.75, 3.05) is 12.3 Å². The van der Waals surface area contributed by atoms with Gasteiger partial charge in [0.25, 0.3) is 5.60 Å². The molecule has 190 valence electrons. The van der Waals surface area contributed by atoms with E-state index < -0.39 is 36.1 Å². The standard InChI is InChI=1S/C21H15F6N5O4/c1-10-2-3-11(19(8-33,21(25,26)27)36-18(34)20(22,23)24)4-12(10)14-5-30-17-16(28)31-13(7-32(14)17)15-6-29-9-35-15/h2-7,9,33H,8H2,1H3,(H2,28,31). The number of rotatable bonds is 5. The molecule has 0 saturated carbocycles. The number of hydrogen-bond acceptors (Lipinski definition) is 8. The molecule has 4 aromatic rings. The van der Waals surface area contributed by atoms with Gasteiger partial charge in [0, 0.05) is 17.3 Å². The van der Waals surface area contributed by atoms with Gasteiger partial charge in [-0.2, -0.15) is 26.3 Å². The summed E-state index contributed by atoms with van der Waals surface area (Å²) < 4.78 is 90.9. The van der Waals surface area contributed by atoms with Crippen LogP contribution in [-0.4, -0.2) is 49.4 Å². The third-order valence-electron chi connectivity index (χ3n) is 5.36. The summed E-state index contributed by atoms with van der Waals surface area (Å²) in [5.41, 5.74) is 2.00. The highest BCUT2D eigenvalue weighted by molar-refractivity contribution is 5.77. The van der Waals surface area contributed by atoms with Gasteiger partial charge in [-0.25, -0.2) is 19.7 Å². The van der Waals surface area contributed by atoms with Crippen molar-refractivity contribution in [1.82, 2.24) is 19.4 Å². The molecule has 0 amide bonds. The Kier molecular flexibility index (Phi) is 5.90. The van der Waals surface area contributed by atoms with Crippen LogP contribution in [0.5, 0.6) is 0 Å². The first-order chi connectivity index (χ1) is 16.8. The first-order valence-electron chi connectivity index (χ1n) is 9.90. The number of aryl methyl sites for hydroxylation is 1. The van der Waals surface area contributed by atoms with E-state index in [4.69, 9.17) is 10.2 Å². The van der Waals surface area contributed by atoms with Crippen molar-refractivity contribution in [3.63, 3.8) is 0 Å². The van der Waals surface area contributed by atoms with Crippen LogP contribution in [0.4, 0.5) is 32.2 Å². The van der Waals surface area contributed by atoms with E-state index in [1.807, 2.05) is 0 Å². The van der Waals surface area contributed by atoms with Crippen LogP contribution in [0.3, 0.4) is 0 Å². The Balaban J connectivity index is 1.92. The molecule has 1 atom stereocenters. The first-order valence-corrected chi connectivity index (χ1v) is 9.90. The van der Waals surface area contributed by atoms with Gasteiger partial charge in [-0.3, -0.25) is 4.40 Å². The van der Waals surface area contributed by atoms with Gasteiger partial charge in [0.1, 0.15) is 5.69 Å². The molecule has 0 aliphatic heterocycles. The monoisotopic (exact) mass is 515 g/mol. The number of anilines is 1. The van der Waals surface area contributed by atoms with E-state index in [2.05, 4.69) is 19.7 Å². The van der Waals surface area contributed by atoms with Gasteiger partial charge in [0.15, 0.2) is 23.6 Å². The van der Waals surface area contributed by atoms with E-state index in [0.717, 1.165) is 18.5 Å². The number of carbonyl (C=O) groups is 1. The van der Waals surface area contributed by atoms with Crippen LogP contribution < -0.4 is 5.73 Å². The Hall–Kier alpha value is -4.14. The van der Waals surface area contributed by atoms with Crippen molar-refractivity contribution >= 4 is 17.4 Å². The first kappa shape index (κ1) is 25.0. The van der Waals surface area contributed by atoms with Gasteiger partial charge in [0.2, 0.25) is 0 Å². The summed E-state index contributed by atoms with van der Waals surface area (Å²) in [6.07, 6.45) is -6.16. The highest BCUT2D eigenvalue weighted by Crippen LogP contribution is 2.44. The number of oxazole rings is 1. The highest BCUT2D eigenvalue weighted by atomic mass is 19.4. The van der Waals surface area contributed by atoms with Crippen molar-refractivity contribution in [3.05, 3.63) is 54.3 Å². The van der Waals surface area contributed by atoms with E-state index in [-0.39, 0.29) is 34.2 Å². The number of nitrogens with zero attached hydrogens (tertiary/aromatic N) is 4. The second-order valence-corrected chi connectivity index (χ2v) is 7.61. The number of hydrogen-bond donors (Lipinski definition) is 2. The second kappa shape index (κ2) is 8.51. The molecule has 1 unspecified atom stereocenters. The lowest BCUT2D eigenvalue weighted by Gasteiger charge is -2.34. The number of halogens is 6. The maximum absolute atomic E-state index is 14.0. The Morgan fingerprint density at radius 1 is 1.19 bits per heavy atom. The van der Waals surface area contributed by atoms with Crippen LogP contribution in [-0.2, 0) is 15.1 Å². The second-order valence-electron chi connectivity index (χ2n) is 7.61. The Morgan fingerprint density at radius 2 is 1.92 bits per heavy atom. The van der Waals surface area contributed by atoms with Crippen LogP contribution in [0.1, 0.15) is 11.1 Å². The summed E-state index contributed by atoms with van der Waals surface area (Å²) >= 11 is 0. The number of aliphatic hydroxyl groups is 1. The van der Waals surface area contributed by atoms with Gasteiger partial charge in [-0.15, -0.1) is 0 Å². The third kappa shape index (κ3) is 4.10. The average molecular weight is 515 g/mol. The zero-order chi connectivity index (χ0) is 26.5. The normalized spacial score (nSPS) is 14.1. The Bertz CT molecular complexity index is 1430. The lowest BCUT2D eigenvalue weighted by molar-refractivity contribution is -0.299. The number of aliphatic hydroxyl groups excluding tert-OH is 1. The number of nitrogen functional groups attached to an aromatic ring is 1. The molecule has 15 heteroatoms. The summed E-state index contributed by atoms with van der Waals surface area (Å²) in [4.78, 5) is 23.4. The summed E-state index contributed by atoms with van der Waals surface area (Å²) in [6.45, 7) is -0.475. The number of aromatic nitrogens is 4. The topological polar surface area (TPSA) is 129 Å². The molecule has 3 aromatic heterocycles. The molecule has 0 saturated heterocycles. The van der Waals surface area contributed by atoms with E-state index in [1.165, 1.54) is 36.0 Å². The number of esters is 1. The molecule has 0 radical (unpaired) electrons. The van der Waals surface area contributed by atoms with Crippen LogP contribution in [0.15, 0.2) is 47.6 Å². The summed E-state index contributed by atoms with van der Waals surface area (Å²) in [5, 5.41) is 9.60. The number of fused-ring (bicyclic) bond motifs is 1. The molecular weight excluding hydrogens is 500 g/mol. The van der Waals surface area contributed by atoms with Gasteiger partial charge in [0.05, 0.1) is 24.7 Å². The molecule has 0 aliphatic carbocycles. The minimum Gasteiger partial charge on any atom is -0.442 e. The Labute approximate surface area is 197 Å². The molecular formula is C21H15F6N5O4. The number of carbonyl (C=O) groups excluding carboxylic acids is 1. The molecule has 36 heavy (non-hydrogen) atoms. The van der Waals surface area contributed by atoms with Gasteiger partial charge in [-0.1, -0.05) is 12.1 Å². The van der Waals surface area contributed by atoms with Gasteiger partial charge >= 0.3 is 18.3 Å². The fourth-order valence-corrected chi connectivity index (χ4v) is 3.53. The lowest BCUT2D eigenvalue weighted by atomic mass is 9.90. The van der Waals surface area contributed by atoms with Crippen LogP contribution in [0, 0.1) is 6.92 Å². The Morgan fingerprint density at radius 3 is 2.50 bits per heavy atom. The molecule has 9 nitrogen and oxygen atoms in total. The molecule has 0 bridgehead atoms. The molecule has 0 fully saturated rings. The molecule has 1 aromatic carbocycles. The van der Waals surface area contributed by atoms with Gasteiger partial charge in [-0.05, 0) is 18.6 Å². The largest absolute Gasteiger partial charge is 0.490 e. The van der Waals surface area contributed by atoms with E-state index in [1.54, 1.807) is 0 Å². The van der Waals surface area contributed by atoms with Crippen LogP contribution in [0.25, 0.3) is 28.4 Å². The summed E-state index contributed by atoms with van der Waals surface area (Å²) in [5.74, 6) is -2.94. The molecule has 0 spiro atoms. The average Bonchev–Trinajstić information content (AvgIpc) is 3.47. The fourth-order valence-electron chi connectivity index (χ4n) is 3.53. The third-order valence-corrected chi connectivity index (χ3v) is 5.36. The molecule has 3 heterocycles. The highest BCUT2D eigenvalue weighted by Gasteiger charge is 2.62. The quantitative estimate of drug-likeness (QED) is 0.304. The smallest absolute Gasteiger partial charge is 0.442 e. The predicted molar refractivity (Wildman–Crippen MR) is 110 cm³/mol. The molecule has 4 rings (SSSR count). The zero-order valence-corrected chi connectivity index (χ0v) is 18.1. The van der Waals surface area contributed by atoms with E-state index >= 15 is 0 Å². The SMILES string of the molecule is Cc1ccc(C(CO)(OC(=O)C(F)(F)F)C(F)(F)F)cc1-c1cnc2c(N)nc(-c3cnco3)cn12. The number of imidazole rings is 1. The van der Waals surface area contributed by atoms with E-state index in [0.29, 0.717) is 5.56 Å². The molecule has 0 aliphatic rings.